The van der Waals surface area contributed by atoms with Crippen molar-refractivity contribution in [2.75, 3.05) is 25.8 Å². The van der Waals surface area contributed by atoms with Crippen molar-refractivity contribution in [2.45, 2.75) is 6.92 Å². The third-order valence-electron chi connectivity index (χ3n) is 1.04. The van der Waals surface area contributed by atoms with Crippen LogP contribution in [0.2, 0.25) is 0 Å². The highest BCUT2D eigenvalue weighted by Crippen LogP contribution is 2.08. The second-order valence-electron chi connectivity index (χ2n) is 1.94. The number of rotatable bonds is 5. The molecular formula is C6H13NO4S2. The lowest BCUT2D eigenvalue weighted by atomic mass is 10.9. The van der Waals surface area contributed by atoms with Gasteiger partial charge in [0.25, 0.3) is 0 Å². The molecule has 0 radical (unpaired) electrons. The molecule has 0 aromatic rings. The van der Waals surface area contributed by atoms with Crippen LogP contribution in [0.15, 0.2) is 0 Å². The van der Waals surface area contributed by atoms with E-state index in [9.17, 15) is 9.00 Å². The number of carbonyl (C=O) groups excluding carboxylic acids is 1. The molecule has 0 aliphatic carbocycles. The minimum atomic E-state index is -1.06. The number of nitrogens with zero attached hydrogens (tertiary/aromatic N) is 1. The van der Waals surface area contributed by atoms with Gasteiger partial charge >= 0.3 is 6.16 Å². The number of carbonyl (C=O) groups is 1. The highest BCUT2D eigenvalue weighted by atomic mass is 32.2. The van der Waals surface area contributed by atoms with Crippen LogP contribution in [0.1, 0.15) is 6.92 Å². The van der Waals surface area contributed by atoms with Gasteiger partial charge in [-0.1, -0.05) is 0 Å². The van der Waals surface area contributed by atoms with Gasteiger partial charge in [0.15, 0.2) is 5.94 Å². The predicted molar refractivity (Wildman–Crippen MR) is 52.4 cm³/mol. The molecule has 0 aliphatic heterocycles. The Kier molecular flexibility index (Phi) is 7.02. The summed E-state index contributed by atoms with van der Waals surface area (Å²) in [4.78, 5) is 10.6. The standard InChI is InChI=1S/C6H13NO4S2/c1-4-10-6(8)11-5-12-7(2)13(3)9/h4-5H2,1-3H3. The predicted octanol–water partition coefficient (Wildman–Crippen LogP) is 0.991. The van der Waals surface area contributed by atoms with E-state index in [1.807, 2.05) is 0 Å². The Morgan fingerprint density at radius 1 is 1.54 bits per heavy atom. The van der Waals surface area contributed by atoms with Crippen molar-refractivity contribution in [1.82, 2.24) is 3.71 Å². The topological polar surface area (TPSA) is 55.8 Å². The summed E-state index contributed by atoms with van der Waals surface area (Å²) in [5.74, 6) is 0.106. The zero-order valence-electron chi connectivity index (χ0n) is 7.81. The lowest BCUT2D eigenvalue weighted by molar-refractivity contribution is 0.0727. The Hall–Kier alpha value is -0.270. The lowest BCUT2D eigenvalue weighted by Gasteiger charge is -2.10. The van der Waals surface area contributed by atoms with Gasteiger partial charge in [0, 0.05) is 13.3 Å². The average molecular weight is 227 g/mol. The molecule has 78 valence electrons. The molecule has 0 rings (SSSR count). The largest absolute Gasteiger partial charge is 0.509 e. The van der Waals surface area contributed by atoms with E-state index in [0.717, 1.165) is 11.9 Å². The summed E-state index contributed by atoms with van der Waals surface area (Å²) in [5.41, 5.74) is 0. The molecule has 1 unspecified atom stereocenters. The summed E-state index contributed by atoms with van der Waals surface area (Å²) in [7, 11) is 0.584. The summed E-state index contributed by atoms with van der Waals surface area (Å²) in [6, 6.07) is 0. The van der Waals surface area contributed by atoms with Crippen molar-refractivity contribution >= 4 is 29.1 Å². The molecule has 5 nitrogen and oxygen atoms in total. The van der Waals surface area contributed by atoms with Gasteiger partial charge in [-0.3, -0.25) is 0 Å². The quantitative estimate of drug-likeness (QED) is 0.398. The van der Waals surface area contributed by atoms with Crippen LogP contribution in [0.4, 0.5) is 4.79 Å². The van der Waals surface area contributed by atoms with Crippen LogP contribution in [0.3, 0.4) is 0 Å². The molecule has 13 heavy (non-hydrogen) atoms. The van der Waals surface area contributed by atoms with E-state index in [4.69, 9.17) is 0 Å². The maximum Gasteiger partial charge on any atom is 0.509 e. The summed E-state index contributed by atoms with van der Waals surface area (Å²) < 4.78 is 21.4. The van der Waals surface area contributed by atoms with Gasteiger partial charge in [0.1, 0.15) is 11.0 Å². The molecule has 0 bridgehead atoms. The van der Waals surface area contributed by atoms with Crippen LogP contribution in [0.25, 0.3) is 0 Å². The molecule has 0 spiro atoms. The third-order valence-corrected chi connectivity index (χ3v) is 3.29. The minimum absolute atomic E-state index is 0.106. The van der Waals surface area contributed by atoms with Crippen molar-refractivity contribution < 1.29 is 18.5 Å². The second-order valence-corrected chi connectivity index (χ2v) is 4.61. The molecule has 0 aromatic carbocycles. The molecule has 0 aromatic heterocycles. The smallest absolute Gasteiger partial charge is 0.435 e. The fourth-order valence-corrected chi connectivity index (χ4v) is 1.40. The fraction of sp³-hybridized carbons (Fsp3) is 0.833. The van der Waals surface area contributed by atoms with E-state index in [1.54, 1.807) is 14.0 Å². The summed E-state index contributed by atoms with van der Waals surface area (Å²) in [6.07, 6.45) is 0.836. The summed E-state index contributed by atoms with van der Waals surface area (Å²) >= 11 is 1.15. The SMILES string of the molecule is CCOC(=O)OCSN(C)S(C)=O. The van der Waals surface area contributed by atoms with Gasteiger partial charge in [0.2, 0.25) is 0 Å². The first-order chi connectivity index (χ1) is 6.07. The summed E-state index contributed by atoms with van der Waals surface area (Å²) in [5, 5.41) is 0. The first-order valence-electron chi connectivity index (χ1n) is 3.57. The van der Waals surface area contributed by atoms with Crippen LogP contribution in [0, 0.1) is 0 Å². The van der Waals surface area contributed by atoms with E-state index in [0.29, 0.717) is 6.61 Å². The fourth-order valence-electron chi connectivity index (χ4n) is 0.382. The van der Waals surface area contributed by atoms with Crippen molar-refractivity contribution in [3.05, 3.63) is 0 Å². The van der Waals surface area contributed by atoms with E-state index in [2.05, 4.69) is 9.47 Å². The normalized spacial score (nSPS) is 12.6. The van der Waals surface area contributed by atoms with E-state index in [-0.39, 0.29) is 5.94 Å². The Morgan fingerprint density at radius 3 is 2.62 bits per heavy atom. The Morgan fingerprint density at radius 2 is 2.15 bits per heavy atom. The number of ether oxygens (including phenoxy) is 2. The van der Waals surface area contributed by atoms with Crippen molar-refractivity contribution in [1.29, 1.82) is 0 Å². The molecule has 7 heteroatoms. The van der Waals surface area contributed by atoms with E-state index in [1.165, 1.54) is 9.97 Å². The third kappa shape index (κ3) is 6.85. The van der Waals surface area contributed by atoms with Crippen molar-refractivity contribution in [2.24, 2.45) is 0 Å². The molecule has 1 atom stereocenters. The van der Waals surface area contributed by atoms with Gasteiger partial charge < -0.3 is 9.47 Å². The minimum Gasteiger partial charge on any atom is -0.435 e. The number of hydrogen-bond donors (Lipinski definition) is 0. The zero-order valence-corrected chi connectivity index (χ0v) is 9.44. The lowest BCUT2D eigenvalue weighted by Crippen LogP contribution is -2.14. The second kappa shape index (κ2) is 7.16. The highest BCUT2D eigenvalue weighted by Gasteiger charge is 2.05. The van der Waals surface area contributed by atoms with E-state index >= 15 is 0 Å². The number of hydrogen-bond acceptors (Lipinski definition) is 5. The Labute approximate surface area is 84.5 Å². The molecular weight excluding hydrogens is 214 g/mol. The molecule has 0 saturated heterocycles. The average Bonchev–Trinajstić information content (AvgIpc) is 2.04. The maximum absolute atomic E-state index is 10.8. The highest BCUT2D eigenvalue weighted by molar-refractivity contribution is 8.06. The molecule has 0 saturated carbocycles. The van der Waals surface area contributed by atoms with E-state index < -0.39 is 17.1 Å². The first-order valence-corrected chi connectivity index (χ1v) is 6.03. The van der Waals surface area contributed by atoms with Gasteiger partial charge in [-0.2, -0.15) is 3.71 Å². The van der Waals surface area contributed by atoms with Crippen LogP contribution < -0.4 is 0 Å². The first kappa shape index (κ1) is 12.7. The van der Waals surface area contributed by atoms with Crippen LogP contribution in [-0.2, 0) is 20.5 Å². The van der Waals surface area contributed by atoms with Gasteiger partial charge in [-0.05, 0) is 18.9 Å². The van der Waals surface area contributed by atoms with Gasteiger partial charge in [-0.15, -0.1) is 0 Å². The van der Waals surface area contributed by atoms with Gasteiger partial charge in [0.05, 0.1) is 6.61 Å². The molecule has 0 aliphatic rings. The Bertz CT molecular complexity index is 187. The van der Waals surface area contributed by atoms with Crippen LogP contribution >= 0.6 is 11.9 Å². The molecule has 0 fully saturated rings. The molecule has 0 N–H and O–H groups in total. The molecule has 0 amide bonds. The maximum atomic E-state index is 10.8. The molecule has 0 heterocycles. The van der Waals surface area contributed by atoms with Crippen molar-refractivity contribution in [3.8, 4) is 0 Å². The van der Waals surface area contributed by atoms with Crippen LogP contribution in [0.5, 0.6) is 0 Å². The summed E-state index contributed by atoms with van der Waals surface area (Å²) in [6.45, 7) is 1.99. The monoisotopic (exact) mass is 227 g/mol. The van der Waals surface area contributed by atoms with Crippen molar-refractivity contribution in [3.63, 3.8) is 0 Å². The Balaban J connectivity index is 3.44. The zero-order chi connectivity index (χ0) is 10.3. The van der Waals surface area contributed by atoms with Gasteiger partial charge in [-0.25, -0.2) is 9.00 Å². The van der Waals surface area contributed by atoms with Crippen LogP contribution in [-0.4, -0.2) is 39.9 Å².